The molecule has 0 heterocycles. The number of aliphatic hydroxyl groups excluding tert-OH is 2. The van der Waals surface area contributed by atoms with Gasteiger partial charge >= 0.3 is 5.97 Å². The van der Waals surface area contributed by atoms with E-state index in [1.165, 1.54) is 353 Å². The van der Waals surface area contributed by atoms with Crippen LogP contribution in [-0.2, 0) is 14.3 Å². The summed E-state index contributed by atoms with van der Waals surface area (Å²) in [7, 11) is 0. The van der Waals surface area contributed by atoms with Gasteiger partial charge < -0.3 is 20.3 Å². The van der Waals surface area contributed by atoms with Gasteiger partial charge in [-0.2, -0.15) is 0 Å². The maximum Gasteiger partial charge on any atom is 0.305 e. The van der Waals surface area contributed by atoms with Crippen molar-refractivity contribution in [2.24, 2.45) is 0 Å². The van der Waals surface area contributed by atoms with Gasteiger partial charge in [-0.1, -0.05) is 386 Å². The monoisotopic (exact) mass is 1100 g/mol. The predicted octanol–water partition coefficient (Wildman–Crippen LogP) is 23.4. The van der Waals surface area contributed by atoms with Crippen LogP contribution in [0.1, 0.15) is 425 Å². The Kier molecular flexibility index (Phi) is 67.4. The fraction of sp³-hybridized carbons (Fsp3) is 0.972. The summed E-state index contributed by atoms with van der Waals surface area (Å²) in [5.41, 5.74) is 0. The third kappa shape index (κ3) is 64.0. The number of nitrogens with one attached hydrogen (secondary N) is 1. The quantitative estimate of drug-likeness (QED) is 0.0417. The number of aliphatic hydroxyl groups is 2. The molecule has 0 radical (unpaired) electrons. The molecule has 0 saturated carbocycles. The summed E-state index contributed by atoms with van der Waals surface area (Å²) in [5, 5.41) is 23.3. The number of rotatable bonds is 69. The van der Waals surface area contributed by atoms with Gasteiger partial charge in [0, 0.05) is 12.8 Å². The molecule has 0 rings (SSSR count). The topological polar surface area (TPSA) is 95.9 Å². The molecule has 78 heavy (non-hydrogen) atoms. The lowest BCUT2D eigenvalue weighted by molar-refractivity contribution is -0.143. The maximum atomic E-state index is 12.5. The van der Waals surface area contributed by atoms with Gasteiger partial charge in [-0.05, 0) is 25.7 Å². The van der Waals surface area contributed by atoms with Gasteiger partial charge in [-0.15, -0.1) is 0 Å². The Hall–Kier alpha value is -1.14. The highest BCUT2D eigenvalue weighted by Crippen LogP contribution is 2.20. The molecule has 0 aliphatic carbocycles. The van der Waals surface area contributed by atoms with Crippen molar-refractivity contribution in [1.29, 1.82) is 0 Å². The fourth-order valence-electron chi connectivity index (χ4n) is 11.9. The molecule has 0 aliphatic heterocycles. The number of amides is 1. The van der Waals surface area contributed by atoms with E-state index in [4.69, 9.17) is 4.74 Å². The molecule has 6 heteroatoms. The van der Waals surface area contributed by atoms with Crippen LogP contribution in [0.15, 0.2) is 0 Å². The Morgan fingerprint density at radius 2 is 0.526 bits per heavy atom. The van der Waals surface area contributed by atoms with E-state index in [9.17, 15) is 19.8 Å². The van der Waals surface area contributed by atoms with Crippen molar-refractivity contribution in [1.82, 2.24) is 5.32 Å². The summed E-state index contributed by atoms with van der Waals surface area (Å²) in [6.07, 6.45) is 83.1. The summed E-state index contributed by atoms with van der Waals surface area (Å²) < 4.78 is 5.51. The predicted molar refractivity (Wildman–Crippen MR) is 343 cm³/mol. The van der Waals surface area contributed by atoms with E-state index in [2.05, 4.69) is 19.2 Å². The van der Waals surface area contributed by atoms with Crippen molar-refractivity contribution in [3.05, 3.63) is 0 Å². The third-order valence-corrected chi connectivity index (χ3v) is 17.4. The minimum absolute atomic E-state index is 0.0254. The van der Waals surface area contributed by atoms with Gasteiger partial charge in [0.15, 0.2) is 0 Å². The molecule has 0 aromatic heterocycles. The lowest BCUT2D eigenvalue weighted by atomic mass is 10.0. The number of hydrogen-bond donors (Lipinski definition) is 3. The van der Waals surface area contributed by atoms with Crippen LogP contribution in [-0.4, -0.2) is 47.4 Å². The smallest absolute Gasteiger partial charge is 0.305 e. The van der Waals surface area contributed by atoms with Gasteiger partial charge in [0.25, 0.3) is 0 Å². The molecule has 2 unspecified atom stereocenters. The highest BCUT2D eigenvalue weighted by molar-refractivity contribution is 5.76. The van der Waals surface area contributed by atoms with Crippen LogP contribution in [0.5, 0.6) is 0 Å². The first-order chi connectivity index (χ1) is 38.5. The zero-order valence-electron chi connectivity index (χ0n) is 53.4. The second-order valence-electron chi connectivity index (χ2n) is 25.3. The average Bonchev–Trinajstić information content (AvgIpc) is 3.44. The Balaban J connectivity index is 3.29. The second kappa shape index (κ2) is 68.4. The van der Waals surface area contributed by atoms with E-state index in [0.717, 1.165) is 38.5 Å². The standard InChI is InChI=1S/C72H143NO5/c1-3-5-7-9-11-13-15-17-19-38-42-46-50-54-58-62-66-72(77)78-67-63-59-55-51-47-43-39-36-34-32-30-28-26-24-22-20-21-23-25-27-29-31-33-35-37-41-45-49-53-57-61-65-71(76)73-69(68-74)70(75)64-60-56-52-48-44-40-18-16-14-12-10-8-6-4-2/h69-70,74-75H,3-68H2,1-2H3,(H,73,76). The van der Waals surface area contributed by atoms with Crippen LogP contribution < -0.4 is 5.32 Å². The largest absolute Gasteiger partial charge is 0.466 e. The van der Waals surface area contributed by atoms with E-state index in [1.54, 1.807) is 0 Å². The Bertz CT molecular complexity index is 1130. The van der Waals surface area contributed by atoms with Crippen molar-refractivity contribution >= 4 is 11.9 Å². The molecule has 466 valence electrons. The number of esters is 1. The Morgan fingerprint density at radius 1 is 0.308 bits per heavy atom. The highest BCUT2D eigenvalue weighted by atomic mass is 16.5. The molecule has 0 aromatic rings. The number of hydrogen-bond acceptors (Lipinski definition) is 5. The van der Waals surface area contributed by atoms with Gasteiger partial charge in [-0.25, -0.2) is 0 Å². The minimum Gasteiger partial charge on any atom is -0.466 e. The summed E-state index contributed by atoms with van der Waals surface area (Å²) in [5.74, 6) is -0.00189. The second-order valence-corrected chi connectivity index (χ2v) is 25.3. The van der Waals surface area contributed by atoms with Crippen molar-refractivity contribution in [2.45, 2.75) is 437 Å². The van der Waals surface area contributed by atoms with Crippen molar-refractivity contribution < 1.29 is 24.5 Å². The molecule has 0 aliphatic rings. The maximum absolute atomic E-state index is 12.5. The van der Waals surface area contributed by atoms with E-state index in [1.807, 2.05) is 0 Å². The van der Waals surface area contributed by atoms with E-state index < -0.39 is 12.1 Å². The summed E-state index contributed by atoms with van der Waals surface area (Å²) in [6.45, 7) is 5.00. The Labute approximate surface area is 489 Å². The zero-order chi connectivity index (χ0) is 56.4. The van der Waals surface area contributed by atoms with Crippen LogP contribution in [0.2, 0.25) is 0 Å². The van der Waals surface area contributed by atoms with Crippen LogP contribution >= 0.6 is 0 Å². The van der Waals surface area contributed by atoms with Gasteiger partial charge in [0.1, 0.15) is 0 Å². The van der Waals surface area contributed by atoms with E-state index in [0.29, 0.717) is 25.9 Å². The lowest BCUT2D eigenvalue weighted by Gasteiger charge is -2.22. The lowest BCUT2D eigenvalue weighted by Crippen LogP contribution is -2.45. The number of unbranched alkanes of at least 4 members (excludes halogenated alkanes) is 58. The Morgan fingerprint density at radius 3 is 0.782 bits per heavy atom. The molecular formula is C72H143NO5. The van der Waals surface area contributed by atoms with E-state index in [-0.39, 0.29) is 18.5 Å². The first kappa shape index (κ1) is 76.9. The normalized spacial score (nSPS) is 12.4. The summed E-state index contributed by atoms with van der Waals surface area (Å²) in [4.78, 5) is 24.6. The fourth-order valence-corrected chi connectivity index (χ4v) is 11.9. The molecule has 0 fully saturated rings. The first-order valence-electron chi connectivity index (χ1n) is 36.3. The average molecular weight is 1100 g/mol. The van der Waals surface area contributed by atoms with E-state index >= 15 is 0 Å². The van der Waals surface area contributed by atoms with Crippen LogP contribution in [0.4, 0.5) is 0 Å². The molecule has 0 spiro atoms. The first-order valence-corrected chi connectivity index (χ1v) is 36.3. The molecule has 3 N–H and O–H groups in total. The summed E-state index contributed by atoms with van der Waals surface area (Å²) >= 11 is 0. The SMILES string of the molecule is CCCCCCCCCCCCCCCCCCC(=O)OCCCCCCCCCCCCCCCCCCCCCCCCCCCCCCCCCC(=O)NC(CO)C(O)CCCCCCCCCCCCCCCC. The number of ether oxygens (including phenoxy) is 1. The molecule has 0 saturated heterocycles. The zero-order valence-corrected chi connectivity index (χ0v) is 53.4. The molecule has 0 aromatic carbocycles. The van der Waals surface area contributed by atoms with Crippen LogP contribution in [0.3, 0.4) is 0 Å². The number of carbonyl (C=O) groups excluding carboxylic acids is 2. The van der Waals surface area contributed by atoms with Gasteiger partial charge in [0.2, 0.25) is 5.91 Å². The highest BCUT2D eigenvalue weighted by Gasteiger charge is 2.20. The van der Waals surface area contributed by atoms with Crippen molar-refractivity contribution in [2.75, 3.05) is 13.2 Å². The third-order valence-electron chi connectivity index (χ3n) is 17.4. The molecule has 0 bridgehead atoms. The van der Waals surface area contributed by atoms with Crippen molar-refractivity contribution in [3.63, 3.8) is 0 Å². The molecular weight excluding hydrogens is 959 g/mol. The molecule has 1 amide bonds. The molecule has 2 atom stereocenters. The summed E-state index contributed by atoms with van der Waals surface area (Å²) in [6, 6.07) is -0.536. The van der Waals surface area contributed by atoms with Crippen LogP contribution in [0, 0.1) is 0 Å². The minimum atomic E-state index is -0.660. The van der Waals surface area contributed by atoms with Gasteiger partial charge in [0.05, 0.1) is 25.4 Å². The number of carbonyl (C=O) groups is 2. The van der Waals surface area contributed by atoms with Crippen molar-refractivity contribution in [3.8, 4) is 0 Å². The molecule has 6 nitrogen and oxygen atoms in total. The van der Waals surface area contributed by atoms with Crippen LogP contribution in [0.25, 0.3) is 0 Å². The van der Waals surface area contributed by atoms with Gasteiger partial charge in [-0.3, -0.25) is 9.59 Å².